The number of fused-ring (bicyclic) bond motifs is 1. The zero-order valence-electron chi connectivity index (χ0n) is 19.2. The van der Waals surface area contributed by atoms with Crippen molar-refractivity contribution in [2.24, 2.45) is 0 Å². The van der Waals surface area contributed by atoms with Crippen LogP contribution in [-0.4, -0.2) is 24.1 Å². The van der Waals surface area contributed by atoms with Gasteiger partial charge in [0.1, 0.15) is 5.82 Å². The molecule has 168 valence electrons. The van der Waals surface area contributed by atoms with Gasteiger partial charge in [-0.25, -0.2) is 9.97 Å². The van der Waals surface area contributed by atoms with Crippen LogP contribution in [0.2, 0.25) is 5.02 Å². The van der Waals surface area contributed by atoms with Crippen LogP contribution in [0.25, 0.3) is 33.4 Å². The van der Waals surface area contributed by atoms with Crippen molar-refractivity contribution in [3.63, 3.8) is 0 Å². The first-order valence-electron chi connectivity index (χ1n) is 11.2. The number of nitrogens with one attached hydrogen (secondary N) is 1. The van der Waals surface area contributed by atoms with Crippen molar-refractivity contribution >= 4 is 34.0 Å². The van der Waals surface area contributed by atoms with Gasteiger partial charge in [-0.05, 0) is 47.0 Å². The van der Waals surface area contributed by atoms with E-state index >= 15 is 0 Å². The largest absolute Gasteiger partial charge is 0.378 e. The highest BCUT2D eigenvalue weighted by Gasteiger charge is 2.11. The molecule has 0 amide bonds. The molecule has 5 heteroatoms. The van der Waals surface area contributed by atoms with E-state index in [0.29, 0.717) is 17.4 Å². The van der Waals surface area contributed by atoms with Crippen LogP contribution in [0.1, 0.15) is 5.56 Å². The summed E-state index contributed by atoms with van der Waals surface area (Å²) in [6, 6.07) is 32.9. The third-order valence-electron chi connectivity index (χ3n) is 5.82. The van der Waals surface area contributed by atoms with Crippen LogP contribution in [0, 0.1) is 0 Å². The summed E-state index contributed by atoms with van der Waals surface area (Å²) in [7, 11) is 4.08. The minimum absolute atomic E-state index is 0.654. The molecule has 0 aliphatic rings. The van der Waals surface area contributed by atoms with Gasteiger partial charge in [0.25, 0.3) is 0 Å². The molecule has 0 unspecified atom stereocenters. The van der Waals surface area contributed by atoms with Crippen molar-refractivity contribution in [2.45, 2.75) is 6.54 Å². The Bertz CT molecular complexity index is 1410. The lowest BCUT2D eigenvalue weighted by Gasteiger charge is -2.14. The van der Waals surface area contributed by atoms with E-state index in [4.69, 9.17) is 21.6 Å². The molecule has 0 aliphatic carbocycles. The highest BCUT2D eigenvalue weighted by atomic mass is 35.5. The third-order valence-corrected chi connectivity index (χ3v) is 6.06. The molecule has 0 fully saturated rings. The number of hydrogen-bond donors (Lipinski definition) is 1. The van der Waals surface area contributed by atoms with E-state index in [1.54, 1.807) is 0 Å². The van der Waals surface area contributed by atoms with Crippen LogP contribution in [0.15, 0.2) is 97.1 Å². The maximum atomic E-state index is 6.29. The van der Waals surface area contributed by atoms with Crippen molar-refractivity contribution in [3.05, 3.63) is 108 Å². The molecule has 1 N–H and O–H groups in total. The summed E-state index contributed by atoms with van der Waals surface area (Å²) in [5.41, 5.74) is 6.47. The molecular formula is C29H25ClN4. The van der Waals surface area contributed by atoms with Crippen molar-refractivity contribution < 1.29 is 0 Å². The molecule has 0 atom stereocenters. The third kappa shape index (κ3) is 4.73. The Kier molecular flexibility index (Phi) is 6.15. The molecule has 1 aromatic heterocycles. The number of rotatable bonds is 6. The lowest BCUT2D eigenvalue weighted by Crippen LogP contribution is -2.09. The first kappa shape index (κ1) is 21.9. The van der Waals surface area contributed by atoms with Gasteiger partial charge in [-0.1, -0.05) is 78.3 Å². The minimum atomic E-state index is 0.654. The van der Waals surface area contributed by atoms with Gasteiger partial charge in [-0.15, -0.1) is 0 Å². The number of aromatic nitrogens is 2. The van der Waals surface area contributed by atoms with Crippen LogP contribution >= 0.6 is 11.6 Å². The van der Waals surface area contributed by atoms with Gasteiger partial charge in [0, 0.05) is 42.3 Å². The molecule has 5 rings (SSSR count). The molecule has 4 aromatic carbocycles. The van der Waals surface area contributed by atoms with Gasteiger partial charge in [-0.2, -0.15) is 0 Å². The fraction of sp³-hybridized carbons (Fsp3) is 0.103. The Balaban J connectivity index is 1.47. The van der Waals surface area contributed by atoms with Crippen molar-refractivity contribution in [1.82, 2.24) is 9.97 Å². The molecule has 0 bridgehead atoms. The van der Waals surface area contributed by atoms with E-state index in [1.807, 2.05) is 50.5 Å². The Morgan fingerprint density at radius 3 is 2.12 bits per heavy atom. The van der Waals surface area contributed by atoms with Crippen LogP contribution in [0.5, 0.6) is 0 Å². The molecule has 0 saturated heterocycles. The fourth-order valence-electron chi connectivity index (χ4n) is 3.91. The van der Waals surface area contributed by atoms with Crippen LogP contribution in [-0.2, 0) is 6.54 Å². The molecule has 34 heavy (non-hydrogen) atoms. The maximum Gasteiger partial charge on any atom is 0.162 e. The lowest BCUT2D eigenvalue weighted by molar-refractivity contribution is 1.09. The van der Waals surface area contributed by atoms with Gasteiger partial charge in [0.2, 0.25) is 0 Å². The summed E-state index contributed by atoms with van der Waals surface area (Å²) in [4.78, 5) is 11.8. The number of benzene rings is 4. The standard InChI is InChI=1S/C29H25ClN4/c1-34(2)25-15-8-20(9-16-25)19-31-29-26-17-14-24(30)18-27(26)32-28(33-29)23-12-10-22(11-13-23)21-6-4-3-5-7-21/h3-18H,19H2,1-2H3,(H,31,32,33). The van der Waals surface area contributed by atoms with E-state index in [1.165, 1.54) is 16.8 Å². The topological polar surface area (TPSA) is 41.0 Å². The van der Waals surface area contributed by atoms with Crippen molar-refractivity contribution in [3.8, 4) is 22.5 Å². The monoisotopic (exact) mass is 464 g/mol. The fourth-order valence-corrected chi connectivity index (χ4v) is 4.07. The predicted octanol–water partition coefficient (Wildman–Crippen LogP) is 7.30. The summed E-state index contributed by atoms with van der Waals surface area (Å²) in [5, 5.41) is 5.11. The Hall–Kier alpha value is -3.89. The first-order chi connectivity index (χ1) is 16.6. The van der Waals surface area contributed by atoms with Gasteiger partial charge >= 0.3 is 0 Å². The Morgan fingerprint density at radius 1 is 0.735 bits per heavy atom. The summed E-state index contributed by atoms with van der Waals surface area (Å²) in [5.74, 6) is 1.46. The average Bonchev–Trinajstić information content (AvgIpc) is 2.87. The number of halogens is 1. The quantitative estimate of drug-likeness (QED) is 0.286. The molecule has 0 radical (unpaired) electrons. The second-order valence-electron chi connectivity index (χ2n) is 8.42. The smallest absolute Gasteiger partial charge is 0.162 e. The second-order valence-corrected chi connectivity index (χ2v) is 8.85. The predicted molar refractivity (Wildman–Crippen MR) is 144 cm³/mol. The number of anilines is 2. The van der Waals surface area contributed by atoms with Gasteiger partial charge in [-0.3, -0.25) is 0 Å². The summed E-state index contributed by atoms with van der Waals surface area (Å²) >= 11 is 6.29. The SMILES string of the molecule is CN(C)c1ccc(CNc2nc(-c3ccc(-c4ccccc4)cc3)nc3cc(Cl)ccc23)cc1. The number of hydrogen-bond acceptors (Lipinski definition) is 4. The molecule has 1 heterocycles. The summed E-state index contributed by atoms with van der Waals surface area (Å²) in [6.07, 6.45) is 0. The van der Waals surface area contributed by atoms with Gasteiger partial charge < -0.3 is 10.2 Å². The minimum Gasteiger partial charge on any atom is -0.378 e. The normalized spacial score (nSPS) is 10.9. The lowest BCUT2D eigenvalue weighted by atomic mass is 10.0. The Labute approximate surface area is 204 Å². The zero-order chi connectivity index (χ0) is 23.5. The molecule has 0 spiro atoms. The zero-order valence-corrected chi connectivity index (χ0v) is 19.9. The molecule has 5 aromatic rings. The maximum absolute atomic E-state index is 6.29. The van der Waals surface area contributed by atoms with E-state index in [0.717, 1.165) is 27.8 Å². The number of nitrogens with zero attached hydrogens (tertiary/aromatic N) is 3. The molecule has 4 nitrogen and oxygen atoms in total. The van der Waals surface area contributed by atoms with Gasteiger partial charge in [0.15, 0.2) is 5.82 Å². The Morgan fingerprint density at radius 2 is 1.41 bits per heavy atom. The highest BCUT2D eigenvalue weighted by Crippen LogP contribution is 2.29. The van der Waals surface area contributed by atoms with Crippen LogP contribution in [0.3, 0.4) is 0 Å². The molecular weight excluding hydrogens is 440 g/mol. The van der Waals surface area contributed by atoms with E-state index in [-0.39, 0.29) is 0 Å². The first-order valence-corrected chi connectivity index (χ1v) is 11.6. The van der Waals surface area contributed by atoms with Crippen molar-refractivity contribution in [2.75, 3.05) is 24.3 Å². The second kappa shape index (κ2) is 9.54. The molecule has 0 aliphatic heterocycles. The van der Waals surface area contributed by atoms with Crippen LogP contribution in [0.4, 0.5) is 11.5 Å². The van der Waals surface area contributed by atoms with E-state index < -0.39 is 0 Å². The average molecular weight is 465 g/mol. The van der Waals surface area contributed by atoms with Gasteiger partial charge in [0.05, 0.1) is 5.52 Å². The van der Waals surface area contributed by atoms with Crippen molar-refractivity contribution in [1.29, 1.82) is 0 Å². The summed E-state index contributed by atoms with van der Waals surface area (Å²) < 4.78 is 0. The van der Waals surface area contributed by atoms with E-state index in [9.17, 15) is 0 Å². The molecule has 0 saturated carbocycles. The highest BCUT2D eigenvalue weighted by molar-refractivity contribution is 6.31. The van der Waals surface area contributed by atoms with Crippen LogP contribution < -0.4 is 10.2 Å². The summed E-state index contributed by atoms with van der Waals surface area (Å²) in [6.45, 7) is 0.662. The van der Waals surface area contributed by atoms with E-state index in [2.05, 4.69) is 70.9 Å².